The third kappa shape index (κ3) is 6.45. The SMILES string of the molecule is CCCCc1nc(O)c(S(=O)(=O)c2ccc(-c3ccccc3C(=O)N3CCOCC3)cc2)c(=O)n1[C@@H](CC)c1cccc(C#N)c1. The lowest BCUT2D eigenvalue weighted by Crippen LogP contribution is -2.40. The molecule has 1 aliphatic rings. The minimum absolute atomic E-state index is 0.138. The lowest BCUT2D eigenvalue weighted by Gasteiger charge is -2.27. The third-order valence-electron chi connectivity index (χ3n) is 8.18. The van der Waals surface area contributed by atoms with Crippen molar-refractivity contribution in [1.82, 2.24) is 14.5 Å². The van der Waals surface area contributed by atoms with Crippen molar-refractivity contribution in [2.45, 2.75) is 55.4 Å². The molecule has 0 bridgehead atoms. The van der Waals surface area contributed by atoms with Crippen molar-refractivity contribution < 1.29 is 23.1 Å². The number of benzene rings is 3. The molecule has 0 spiro atoms. The van der Waals surface area contributed by atoms with E-state index in [0.29, 0.717) is 73.4 Å². The zero-order valence-electron chi connectivity index (χ0n) is 25.8. The number of unbranched alkanes of at least 4 members (excludes halogenated alkanes) is 1. The Kier molecular flexibility index (Phi) is 9.99. The molecule has 10 nitrogen and oxygen atoms in total. The molecule has 0 radical (unpaired) electrons. The number of morpholine rings is 1. The first-order chi connectivity index (χ1) is 22.2. The molecule has 1 atom stereocenters. The van der Waals surface area contributed by atoms with E-state index in [1.165, 1.54) is 16.7 Å². The van der Waals surface area contributed by atoms with Crippen LogP contribution in [0, 0.1) is 11.3 Å². The van der Waals surface area contributed by atoms with Gasteiger partial charge in [-0.1, -0.05) is 62.7 Å². The Morgan fingerprint density at radius 2 is 1.76 bits per heavy atom. The van der Waals surface area contributed by atoms with Crippen molar-refractivity contribution in [3.63, 3.8) is 0 Å². The number of rotatable bonds is 10. The Labute approximate surface area is 268 Å². The van der Waals surface area contributed by atoms with E-state index in [0.717, 1.165) is 6.42 Å². The van der Waals surface area contributed by atoms with Gasteiger partial charge >= 0.3 is 0 Å². The smallest absolute Gasteiger partial charge is 0.277 e. The summed E-state index contributed by atoms with van der Waals surface area (Å²) in [6.07, 6.45) is 2.23. The van der Waals surface area contributed by atoms with Gasteiger partial charge in [-0.25, -0.2) is 8.42 Å². The van der Waals surface area contributed by atoms with Crippen molar-refractivity contribution in [2.75, 3.05) is 26.3 Å². The molecule has 46 heavy (non-hydrogen) atoms. The summed E-state index contributed by atoms with van der Waals surface area (Å²) in [6.45, 7) is 5.75. The van der Waals surface area contributed by atoms with Gasteiger partial charge < -0.3 is 14.7 Å². The molecule has 5 rings (SSSR count). The average molecular weight is 641 g/mol. The van der Waals surface area contributed by atoms with Crippen LogP contribution in [-0.4, -0.2) is 60.2 Å². The van der Waals surface area contributed by atoms with E-state index >= 15 is 0 Å². The second kappa shape index (κ2) is 14.1. The molecular formula is C35H36N4O6S. The van der Waals surface area contributed by atoms with Gasteiger partial charge in [0.25, 0.3) is 11.5 Å². The molecule has 1 fully saturated rings. The largest absolute Gasteiger partial charge is 0.492 e. The molecule has 238 valence electrons. The van der Waals surface area contributed by atoms with Crippen LogP contribution in [0.4, 0.5) is 0 Å². The topological polar surface area (TPSA) is 143 Å². The minimum atomic E-state index is -4.53. The van der Waals surface area contributed by atoms with Gasteiger partial charge in [-0.15, -0.1) is 0 Å². The number of nitriles is 1. The van der Waals surface area contributed by atoms with Crippen molar-refractivity contribution in [1.29, 1.82) is 5.26 Å². The Bertz CT molecular complexity index is 1940. The highest BCUT2D eigenvalue weighted by molar-refractivity contribution is 7.91. The number of aromatic nitrogens is 2. The minimum Gasteiger partial charge on any atom is -0.492 e. The molecule has 11 heteroatoms. The molecule has 1 aliphatic heterocycles. The molecule has 0 aliphatic carbocycles. The van der Waals surface area contributed by atoms with Crippen molar-refractivity contribution in [3.05, 3.63) is 106 Å². The number of amides is 1. The van der Waals surface area contributed by atoms with Crippen LogP contribution in [0.15, 0.2) is 87.4 Å². The summed E-state index contributed by atoms with van der Waals surface area (Å²) in [5.41, 5.74) is 1.94. The molecule has 1 amide bonds. The summed E-state index contributed by atoms with van der Waals surface area (Å²) in [7, 11) is -4.53. The number of sulfone groups is 1. The van der Waals surface area contributed by atoms with Crippen LogP contribution in [-0.2, 0) is 21.0 Å². The number of hydrogen-bond acceptors (Lipinski definition) is 8. The molecule has 1 aromatic heterocycles. The molecule has 0 saturated carbocycles. The Balaban J connectivity index is 1.57. The van der Waals surface area contributed by atoms with Gasteiger partial charge in [0.2, 0.25) is 15.7 Å². The summed E-state index contributed by atoms with van der Waals surface area (Å²) in [5, 5.41) is 20.4. The normalized spacial score (nSPS) is 14.1. The monoisotopic (exact) mass is 640 g/mol. The third-order valence-corrected chi connectivity index (χ3v) is 9.97. The zero-order chi connectivity index (χ0) is 32.8. The summed E-state index contributed by atoms with van der Waals surface area (Å²) in [5.74, 6) is -0.714. The molecule has 2 heterocycles. The highest BCUT2D eigenvalue weighted by atomic mass is 32.2. The van der Waals surface area contributed by atoms with Gasteiger partial charge in [0.1, 0.15) is 5.82 Å². The average Bonchev–Trinajstić information content (AvgIpc) is 3.08. The number of nitrogens with zero attached hydrogens (tertiary/aromatic N) is 4. The van der Waals surface area contributed by atoms with Crippen molar-refractivity contribution in [3.8, 4) is 23.1 Å². The molecule has 0 unspecified atom stereocenters. The fourth-order valence-electron chi connectivity index (χ4n) is 5.79. The summed E-state index contributed by atoms with van der Waals surface area (Å²) in [6, 6.07) is 21.3. The number of ether oxygens (including phenoxy) is 1. The maximum Gasteiger partial charge on any atom is 0.277 e. The first-order valence-electron chi connectivity index (χ1n) is 15.4. The van der Waals surface area contributed by atoms with Gasteiger partial charge in [-0.2, -0.15) is 10.2 Å². The quantitative estimate of drug-likeness (QED) is 0.251. The first-order valence-corrected chi connectivity index (χ1v) is 16.9. The first kappa shape index (κ1) is 32.6. The highest BCUT2D eigenvalue weighted by Gasteiger charge is 2.32. The second-order valence-corrected chi connectivity index (χ2v) is 13.0. The maximum absolute atomic E-state index is 14.1. The number of hydrogen-bond donors (Lipinski definition) is 1. The van der Waals surface area contributed by atoms with Crippen LogP contribution < -0.4 is 5.56 Å². The number of aromatic hydroxyl groups is 1. The maximum atomic E-state index is 14.1. The number of carbonyl (C=O) groups excluding carboxylic acids is 1. The van der Waals surface area contributed by atoms with Gasteiger partial charge in [0.05, 0.1) is 35.8 Å². The van der Waals surface area contributed by atoms with Crippen molar-refractivity contribution >= 4 is 15.7 Å². The summed E-state index contributed by atoms with van der Waals surface area (Å²) in [4.78, 5) is 32.4. The predicted octanol–water partition coefficient (Wildman–Crippen LogP) is 5.13. The van der Waals surface area contributed by atoms with Crippen LogP contribution in [0.5, 0.6) is 5.88 Å². The van der Waals surface area contributed by atoms with Gasteiger partial charge in [-0.05, 0) is 59.9 Å². The van der Waals surface area contributed by atoms with E-state index < -0.39 is 32.2 Å². The van der Waals surface area contributed by atoms with Gasteiger partial charge in [0, 0.05) is 25.1 Å². The molecular weight excluding hydrogens is 604 g/mol. The van der Waals surface area contributed by atoms with Crippen LogP contribution in [0.3, 0.4) is 0 Å². The second-order valence-electron chi connectivity index (χ2n) is 11.1. The number of aryl methyl sites for hydroxylation is 1. The zero-order valence-corrected chi connectivity index (χ0v) is 26.7. The van der Waals surface area contributed by atoms with E-state index in [4.69, 9.17) is 4.74 Å². The van der Waals surface area contributed by atoms with Gasteiger partial charge in [-0.3, -0.25) is 14.2 Å². The number of carbonyl (C=O) groups is 1. The molecule has 4 aromatic rings. The molecule has 1 N–H and O–H groups in total. The molecule has 3 aromatic carbocycles. The lowest BCUT2D eigenvalue weighted by atomic mass is 9.99. The van der Waals surface area contributed by atoms with Crippen LogP contribution in [0.25, 0.3) is 11.1 Å². The van der Waals surface area contributed by atoms with E-state index in [1.807, 2.05) is 13.8 Å². The van der Waals surface area contributed by atoms with Crippen LogP contribution in [0.1, 0.15) is 66.5 Å². The Morgan fingerprint density at radius 1 is 1.04 bits per heavy atom. The van der Waals surface area contributed by atoms with Crippen LogP contribution >= 0.6 is 0 Å². The van der Waals surface area contributed by atoms with E-state index in [1.54, 1.807) is 65.6 Å². The Hall–Kier alpha value is -4.79. The summed E-state index contributed by atoms with van der Waals surface area (Å²) < 4.78 is 34.7. The van der Waals surface area contributed by atoms with E-state index in [2.05, 4.69) is 11.1 Å². The van der Waals surface area contributed by atoms with Crippen LogP contribution in [0.2, 0.25) is 0 Å². The fourth-order valence-corrected chi connectivity index (χ4v) is 7.13. The molecule has 1 saturated heterocycles. The van der Waals surface area contributed by atoms with Gasteiger partial charge in [0.15, 0.2) is 4.90 Å². The fraction of sp³-hybridized carbons (Fsp3) is 0.314. The summed E-state index contributed by atoms with van der Waals surface area (Å²) >= 11 is 0. The van der Waals surface area contributed by atoms with Crippen molar-refractivity contribution in [2.24, 2.45) is 0 Å². The lowest BCUT2D eigenvalue weighted by molar-refractivity contribution is 0.0303. The Morgan fingerprint density at radius 3 is 2.43 bits per heavy atom. The standard InChI is InChI=1S/C35H36N4O6S/c1-3-5-13-31-37-33(40)32(35(42)39(31)30(4-2)26-10-8-9-24(22-26)23-36)46(43,44)27-16-14-25(15-17-27)28-11-6-7-12-29(28)34(41)38-18-20-45-21-19-38/h6-12,14-17,22,30,40H,3-5,13,18-21H2,1-2H3/t30-/m0/s1. The van der Waals surface area contributed by atoms with E-state index in [9.17, 15) is 28.4 Å². The predicted molar refractivity (Wildman–Crippen MR) is 172 cm³/mol. The van der Waals surface area contributed by atoms with E-state index in [-0.39, 0.29) is 16.6 Å². The highest BCUT2D eigenvalue weighted by Crippen LogP contribution is 2.31.